The summed E-state index contributed by atoms with van der Waals surface area (Å²) >= 11 is 0. The zero-order valence-electron chi connectivity index (χ0n) is 13.2. The Kier molecular flexibility index (Phi) is 4.83. The van der Waals surface area contributed by atoms with Gasteiger partial charge in [0.05, 0.1) is 12.8 Å². The van der Waals surface area contributed by atoms with Gasteiger partial charge < -0.3 is 20.3 Å². The summed E-state index contributed by atoms with van der Waals surface area (Å²) < 4.78 is 5.43. The summed E-state index contributed by atoms with van der Waals surface area (Å²) in [6.07, 6.45) is 3.89. The summed E-state index contributed by atoms with van der Waals surface area (Å²) in [7, 11) is 1.70. The van der Waals surface area contributed by atoms with Crippen LogP contribution in [0.5, 0.6) is 5.75 Å². The number of nitrogens with one attached hydrogen (secondary N) is 2. The van der Waals surface area contributed by atoms with Crippen LogP contribution in [0.1, 0.15) is 25.7 Å². The molecule has 1 aromatic rings. The van der Waals surface area contributed by atoms with Crippen molar-refractivity contribution in [1.29, 1.82) is 0 Å². The van der Waals surface area contributed by atoms with Gasteiger partial charge in [0.1, 0.15) is 5.75 Å². The van der Waals surface area contributed by atoms with Crippen molar-refractivity contribution in [3.8, 4) is 5.75 Å². The van der Waals surface area contributed by atoms with E-state index in [1.165, 1.54) is 6.42 Å². The summed E-state index contributed by atoms with van der Waals surface area (Å²) in [4.78, 5) is 14.4. The van der Waals surface area contributed by atoms with Crippen LogP contribution in [0.4, 0.5) is 5.69 Å². The van der Waals surface area contributed by atoms with Gasteiger partial charge in [0, 0.05) is 31.6 Å². The summed E-state index contributed by atoms with van der Waals surface area (Å²) in [5.41, 5.74) is 1.11. The average Bonchev–Trinajstić information content (AvgIpc) is 3.19. The molecular formula is C17H25N3O2. The average molecular weight is 303 g/mol. The maximum absolute atomic E-state index is 12.1. The molecule has 22 heavy (non-hydrogen) atoms. The third-order valence-electron chi connectivity index (χ3n) is 4.57. The molecule has 0 bridgehead atoms. The Hall–Kier alpha value is -1.75. The molecule has 2 saturated heterocycles. The van der Waals surface area contributed by atoms with Gasteiger partial charge in [-0.1, -0.05) is 12.1 Å². The fraction of sp³-hybridized carbons (Fsp3) is 0.588. The Morgan fingerprint density at radius 2 is 2.27 bits per heavy atom. The standard InChI is InChI=1S/C17H25N3O2/c1-22-16-7-3-2-6-15(16)20-10-8-14(12-20)19-17(21)11-13-5-4-9-18-13/h2-3,6-7,13-14,18H,4-5,8-12H2,1H3,(H,19,21). The Morgan fingerprint density at radius 3 is 3.05 bits per heavy atom. The topological polar surface area (TPSA) is 53.6 Å². The van der Waals surface area contributed by atoms with Crippen LogP contribution in [0.25, 0.3) is 0 Å². The van der Waals surface area contributed by atoms with E-state index in [1.807, 2.05) is 18.2 Å². The molecule has 2 aliphatic rings. The smallest absolute Gasteiger partial charge is 0.221 e. The first-order valence-electron chi connectivity index (χ1n) is 8.17. The quantitative estimate of drug-likeness (QED) is 0.866. The highest BCUT2D eigenvalue weighted by atomic mass is 16.5. The van der Waals surface area contributed by atoms with E-state index < -0.39 is 0 Å². The van der Waals surface area contributed by atoms with E-state index >= 15 is 0 Å². The van der Waals surface area contributed by atoms with Crippen LogP contribution < -0.4 is 20.3 Å². The fourth-order valence-corrected chi connectivity index (χ4v) is 3.43. The van der Waals surface area contributed by atoms with Crippen molar-refractivity contribution in [2.45, 2.75) is 37.8 Å². The van der Waals surface area contributed by atoms with E-state index in [1.54, 1.807) is 7.11 Å². The summed E-state index contributed by atoms with van der Waals surface area (Å²) in [5.74, 6) is 1.07. The normalized spacial score (nSPS) is 24.5. The number of hydrogen-bond acceptors (Lipinski definition) is 4. The molecule has 2 unspecified atom stereocenters. The predicted molar refractivity (Wildman–Crippen MR) is 87.4 cm³/mol. The van der Waals surface area contributed by atoms with Gasteiger partial charge in [-0.3, -0.25) is 4.79 Å². The van der Waals surface area contributed by atoms with Gasteiger partial charge in [-0.05, 0) is 37.9 Å². The third kappa shape index (κ3) is 3.53. The van der Waals surface area contributed by atoms with E-state index in [9.17, 15) is 4.79 Å². The van der Waals surface area contributed by atoms with Crippen molar-refractivity contribution in [3.05, 3.63) is 24.3 Å². The highest BCUT2D eigenvalue weighted by molar-refractivity contribution is 5.77. The van der Waals surface area contributed by atoms with E-state index in [0.29, 0.717) is 12.5 Å². The molecule has 0 spiro atoms. The monoisotopic (exact) mass is 303 g/mol. The lowest BCUT2D eigenvalue weighted by molar-refractivity contribution is -0.122. The molecule has 2 N–H and O–H groups in total. The van der Waals surface area contributed by atoms with Crippen molar-refractivity contribution in [2.24, 2.45) is 0 Å². The first kappa shape index (κ1) is 15.2. The summed E-state index contributed by atoms with van der Waals surface area (Å²) in [5, 5.41) is 6.56. The van der Waals surface area contributed by atoms with Crippen LogP contribution in [0.15, 0.2) is 24.3 Å². The number of nitrogens with zero attached hydrogens (tertiary/aromatic N) is 1. The summed E-state index contributed by atoms with van der Waals surface area (Å²) in [6, 6.07) is 8.66. The maximum atomic E-state index is 12.1. The Morgan fingerprint density at radius 1 is 1.41 bits per heavy atom. The Balaban J connectivity index is 1.52. The van der Waals surface area contributed by atoms with Gasteiger partial charge in [0.15, 0.2) is 0 Å². The third-order valence-corrected chi connectivity index (χ3v) is 4.57. The van der Waals surface area contributed by atoms with E-state index in [2.05, 4.69) is 21.6 Å². The Labute approximate surface area is 132 Å². The minimum absolute atomic E-state index is 0.172. The second kappa shape index (κ2) is 7.01. The van der Waals surface area contributed by atoms with Crippen molar-refractivity contribution in [2.75, 3.05) is 31.6 Å². The van der Waals surface area contributed by atoms with Gasteiger partial charge in [0.25, 0.3) is 0 Å². The number of amides is 1. The molecule has 2 heterocycles. The van der Waals surface area contributed by atoms with Crippen molar-refractivity contribution >= 4 is 11.6 Å². The number of methoxy groups -OCH3 is 1. The molecule has 0 saturated carbocycles. The van der Waals surface area contributed by atoms with Crippen molar-refractivity contribution in [3.63, 3.8) is 0 Å². The Bertz CT molecular complexity index is 514. The van der Waals surface area contributed by atoms with Gasteiger partial charge in [-0.25, -0.2) is 0 Å². The zero-order chi connectivity index (χ0) is 15.4. The fourth-order valence-electron chi connectivity index (χ4n) is 3.43. The number of benzene rings is 1. The van der Waals surface area contributed by atoms with Gasteiger partial charge >= 0.3 is 0 Å². The molecule has 1 amide bonds. The van der Waals surface area contributed by atoms with Gasteiger partial charge in [0.2, 0.25) is 5.91 Å². The second-order valence-electron chi connectivity index (χ2n) is 6.17. The molecule has 5 nitrogen and oxygen atoms in total. The first-order valence-corrected chi connectivity index (χ1v) is 8.17. The summed E-state index contributed by atoms with van der Waals surface area (Å²) in [6.45, 7) is 2.85. The second-order valence-corrected chi connectivity index (χ2v) is 6.17. The van der Waals surface area contributed by atoms with Crippen LogP contribution in [0.2, 0.25) is 0 Å². The van der Waals surface area contributed by atoms with Crippen molar-refractivity contribution in [1.82, 2.24) is 10.6 Å². The number of carbonyl (C=O) groups is 1. The maximum Gasteiger partial charge on any atom is 0.221 e. The zero-order valence-corrected chi connectivity index (χ0v) is 13.2. The molecule has 5 heteroatoms. The van der Waals surface area contributed by atoms with Crippen LogP contribution in [-0.2, 0) is 4.79 Å². The molecule has 3 rings (SSSR count). The van der Waals surface area contributed by atoms with Crippen LogP contribution in [-0.4, -0.2) is 44.7 Å². The van der Waals surface area contributed by atoms with Gasteiger partial charge in [-0.2, -0.15) is 0 Å². The lowest BCUT2D eigenvalue weighted by atomic mass is 10.1. The molecule has 0 aromatic heterocycles. The molecule has 2 aliphatic heterocycles. The van der Waals surface area contributed by atoms with Crippen LogP contribution >= 0.6 is 0 Å². The molecule has 0 radical (unpaired) electrons. The number of rotatable bonds is 5. The lowest BCUT2D eigenvalue weighted by Crippen LogP contribution is -2.39. The number of hydrogen-bond donors (Lipinski definition) is 2. The highest BCUT2D eigenvalue weighted by Crippen LogP contribution is 2.30. The van der Waals surface area contributed by atoms with E-state index in [4.69, 9.17) is 4.74 Å². The van der Waals surface area contributed by atoms with Crippen molar-refractivity contribution < 1.29 is 9.53 Å². The minimum atomic E-state index is 0.172. The number of ether oxygens (including phenoxy) is 1. The molecule has 2 atom stereocenters. The minimum Gasteiger partial charge on any atom is -0.495 e. The number of anilines is 1. The number of carbonyl (C=O) groups excluding carboxylic acids is 1. The molecule has 2 fully saturated rings. The molecular weight excluding hydrogens is 278 g/mol. The number of para-hydroxylation sites is 2. The molecule has 0 aliphatic carbocycles. The molecule has 1 aromatic carbocycles. The molecule has 120 valence electrons. The van der Waals surface area contributed by atoms with E-state index in [-0.39, 0.29) is 11.9 Å². The predicted octanol–water partition coefficient (Wildman–Crippen LogP) is 1.53. The van der Waals surface area contributed by atoms with Crippen LogP contribution in [0, 0.1) is 0 Å². The largest absolute Gasteiger partial charge is 0.495 e. The van der Waals surface area contributed by atoms with Gasteiger partial charge in [-0.15, -0.1) is 0 Å². The van der Waals surface area contributed by atoms with E-state index in [0.717, 1.165) is 43.9 Å². The first-order chi connectivity index (χ1) is 10.8. The highest BCUT2D eigenvalue weighted by Gasteiger charge is 2.26. The lowest BCUT2D eigenvalue weighted by Gasteiger charge is -2.21. The SMILES string of the molecule is COc1ccccc1N1CCC(NC(=O)CC2CCCN2)C1. The van der Waals surface area contributed by atoms with Crippen LogP contribution in [0.3, 0.4) is 0 Å².